The van der Waals surface area contributed by atoms with Crippen LogP contribution in [0.3, 0.4) is 0 Å². The van der Waals surface area contributed by atoms with Gasteiger partial charge in [-0.3, -0.25) is 10.1 Å². The summed E-state index contributed by atoms with van der Waals surface area (Å²) in [4.78, 5) is 14.6. The number of carbonyl (C=O) groups is 1. The van der Waals surface area contributed by atoms with Gasteiger partial charge >= 0.3 is 0 Å². The van der Waals surface area contributed by atoms with E-state index in [1.165, 1.54) is 25.3 Å². The molecule has 1 amide bonds. The molecule has 1 aromatic carbocycles. The van der Waals surface area contributed by atoms with Crippen molar-refractivity contribution in [1.82, 2.24) is 10.2 Å². The van der Waals surface area contributed by atoms with E-state index in [1.807, 2.05) is 17.9 Å². The average molecular weight is 288 g/mol. The Kier molecular flexibility index (Phi) is 3.03. The van der Waals surface area contributed by atoms with Crippen LogP contribution in [-0.4, -0.2) is 22.9 Å². The molecule has 2 saturated carbocycles. The average Bonchev–Trinajstić information content (AvgIpc) is 3.15. The molecule has 3 aliphatic rings. The van der Waals surface area contributed by atoms with Gasteiger partial charge in [0.15, 0.2) is 0 Å². The molecule has 0 aromatic heterocycles. The van der Waals surface area contributed by atoms with Crippen molar-refractivity contribution in [2.75, 3.05) is 0 Å². The van der Waals surface area contributed by atoms with Crippen LogP contribution in [0, 0.1) is 17.7 Å². The molecule has 5 unspecified atom stereocenters. The van der Waals surface area contributed by atoms with E-state index in [9.17, 15) is 9.18 Å². The summed E-state index contributed by atoms with van der Waals surface area (Å²) < 4.78 is 14.2. The van der Waals surface area contributed by atoms with Crippen molar-refractivity contribution < 1.29 is 9.18 Å². The summed E-state index contributed by atoms with van der Waals surface area (Å²) in [5.74, 6) is 1.27. The molecule has 1 saturated heterocycles. The predicted molar refractivity (Wildman–Crippen MR) is 77.8 cm³/mol. The Morgan fingerprint density at radius 1 is 1.24 bits per heavy atom. The van der Waals surface area contributed by atoms with Gasteiger partial charge in [0.05, 0.1) is 6.04 Å². The lowest BCUT2D eigenvalue weighted by Gasteiger charge is -2.35. The summed E-state index contributed by atoms with van der Waals surface area (Å²) >= 11 is 0. The number of rotatable bonds is 2. The van der Waals surface area contributed by atoms with Crippen molar-refractivity contribution in [3.63, 3.8) is 0 Å². The zero-order valence-electron chi connectivity index (χ0n) is 12.3. The molecule has 3 nitrogen and oxygen atoms in total. The molecular formula is C17H21FN2O. The lowest BCUT2D eigenvalue weighted by molar-refractivity contribution is -0.133. The first-order valence-corrected chi connectivity index (χ1v) is 7.98. The third kappa shape index (κ3) is 2.00. The molecule has 0 spiro atoms. The second-order valence-electron chi connectivity index (χ2n) is 6.80. The van der Waals surface area contributed by atoms with Crippen LogP contribution in [0.4, 0.5) is 4.39 Å². The summed E-state index contributed by atoms with van der Waals surface area (Å²) in [5.41, 5.74) is 0.595. The molecule has 5 atom stereocenters. The first-order valence-electron chi connectivity index (χ1n) is 7.98. The Bertz CT molecular complexity index is 576. The lowest BCUT2D eigenvalue weighted by Crippen LogP contribution is -2.43. The van der Waals surface area contributed by atoms with Gasteiger partial charge in [0.25, 0.3) is 0 Å². The maximum Gasteiger partial charge on any atom is 0.241 e. The number of carbonyl (C=O) groups excluding carboxylic acids is 1. The van der Waals surface area contributed by atoms with Crippen molar-refractivity contribution >= 4 is 5.91 Å². The Morgan fingerprint density at radius 2 is 2.05 bits per heavy atom. The van der Waals surface area contributed by atoms with Gasteiger partial charge in [0.1, 0.15) is 12.0 Å². The number of nitrogens with zero attached hydrogens (tertiary/aromatic N) is 1. The molecule has 21 heavy (non-hydrogen) atoms. The van der Waals surface area contributed by atoms with Crippen LogP contribution in [0.5, 0.6) is 0 Å². The highest BCUT2D eigenvalue weighted by atomic mass is 19.1. The van der Waals surface area contributed by atoms with Crippen LogP contribution in [0.2, 0.25) is 0 Å². The van der Waals surface area contributed by atoms with Crippen LogP contribution >= 0.6 is 0 Å². The molecule has 4 rings (SSSR count). The van der Waals surface area contributed by atoms with E-state index in [1.54, 1.807) is 12.1 Å². The molecule has 1 aromatic rings. The van der Waals surface area contributed by atoms with Crippen molar-refractivity contribution in [3.8, 4) is 0 Å². The second kappa shape index (κ2) is 4.80. The van der Waals surface area contributed by atoms with Gasteiger partial charge in [-0.1, -0.05) is 24.6 Å². The van der Waals surface area contributed by atoms with E-state index in [4.69, 9.17) is 0 Å². The van der Waals surface area contributed by atoms with Crippen LogP contribution in [0.25, 0.3) is 0 Å². The summed E-state index contributed by atoms with van der Waals surface area (Å²) in [6.45, 7) is 1.88. The number of hydrogen-bond acceptors (Lipinski definition) is 2. The maximum absolute atomic E-state index is 14.2. The van der Waals surface area contributed by atoms with E-state index in [0.29, 0.717) is 17.5 Å². The summed E-state index contributed by atoms with van der Waals surface area (Å²) in [5, 5.41) is 3.28. The highest BCUT2D eigenvalue weighted by Crippen LogP contribution is 2.49. The van der Waals surface area contributed by atoms with Crippen molar-refractivity contribution in [2.45, 2.75) is 50.9 Å². The van der Waals surface area contributed by atoms with E-state index in [-0.39, 0.29) is 23.9 Å². The molecule has 4 heteroatoms. The van der Waals surface area contributed by atoms with E-state index in [2.05, 4.69) is 5.32 Å². The highest BCUT2D eigenvalue weighted by molar-refractivity contribution is 5.84. The Balaban J connectivity index is 1.69. The second-order valence-corrected chi connectivity index (χ2v) is 6.80. The fourth-order valence-electron chi connectivity index (χ4n) is 4.58. The van der Waals surface area contributed by atoms with Gasteiger partial charge in [0.2, 0.25) is 5.91 Å². The third-order valence-electron chi connectivity index (χ3n) is 5.57. The minimum atomic E-state index is -0.307. The number of hydrogen-bond donors (Lipinski definition) is 1. The number of halogens is 1. The SMILES string of the molecule is CC1NC(c2ccccc2F)N(C2CC3CCC2C3)C1=O. The van der Waals surface area contributed by atoms with Crippen LogP contribution < -0.4 is 5.32 Å². The third-order valence-corrected chi connectivity index (χ3v) is 5.57. The number of fused-ring (bicyclic) bond motifs is 2. The van der Waals surface area contributed by atoms with E-state index < -0.39 is 0 Å². The molecule has 1 heterocycles. The van der Waals surface area contributed by atoms with Gasteiger partial charge in [-0.15, -0.1) is 0 Å². The fourth-order valence-corrected chi connectivity index (χ4v) is 4.58. The summed E-state index contributed by atoms with van der Waals surface area (Å²) in [6, 6.07) is 6.86. The summed E-state index contributed by atoms with van der Waals surface area (Å²) in [6.07, 6.45) is 4.55. The highest BCUT2D eigenvalue weighted by Gasteiger charge is 2.49. The lowest BCUT2D eigenvalue weighted by atomic mass is 9.93. The molecule has 2 bridgehead atoms. The van der Waals surface area contributed by atoms with Gasteiger partial charge in [-0.2, -0.15) is 0 Å². The zero-order valence-corrected chi connectivity index (χ0v) is 12.3. The molecule has 2 aliphatic carbocycles. The number of amides is 1. The standard InChI is InChI=1S/C17H21FN2O/c1-10-17(21)20(15-9-11-6-7-12(15)8-11)16(19-10)13-4-2-3-5-14(13)18/h2-5,10-12,15-16,19H,6-9H2,1H3. The van der Waals surface area contributed by atoms with Crippen LogP contribution in [0.15, 0.2) is 24.3 Å². The van der Waals surface area contributed by atoms with Gasteiger partial charge in [0, 0.05) is 11.6 Å². The number of nitrogens with one attached hydrogen (secondary N) is 1. The van der Waals surface area contributed by atoms with Crippen molar-refractivity contribution in [2.24, 2.45) is 11.8 Å². The normalized spacial score (nSPS) is 38.5. The molecule has 1 aliphatic heterocycles. The minimum absolute atomic E-state index is 0.126. The quantitative estimate of drug-likeness (QED) is 0.907. The van der Waals surface area contributed by atoms with Gasteiger partial charge in [-0.25, -0.2) is 4.39 Å². The predicted octanol–water partition coefficient (Wildman–Crippen LogP) is 2.83. The maximum atomic E-state index is 14.2. The number of benzene rings is 1. The summed E-state index contributed by atoms with van der Waals surface area (Å²) in [7, 11) is 0. The first-order chi connectivity index (χ1) is 10.1. The molecule has 3 fully saturated rings. The fraction of sp³-hybridized carbons (Fsp3) is 0.588. The van der Waals surface area contributed by atoms with Crippen molar-refractivity contribution in [3.05, 3.63) is 35.6 Å². The monoisotopic (exact) mass is 288 g/mol. The van der Waals surface area contributed by atoms with E-state index in [0.717, 1.165) is 12.3 Å². The van der Waals surface area contributed by atoms with Gasteiger partial charge in [-0.05, 0) is 44.1 Å². The van der Waals surface area contributed by atoms with Crippen LogP contribution in [0.1, 0.15) is 44.3 Å². The zero-order chi connectivity index (χ0) is 14.6. The largest absolute Gasteiger partial charge is 0.318 e. The smallest absolute Gasteiger partial charge is 0.241 e. The molecule has 1 N–H and O–H groups in total. The Hall–Kier alpha value is -1.42. The first kappa shape index (κ1) is 13.3. The molecule has 0 radical (unpaired) electrons. The van der Waals surface area contributed by atoms with E-state index >= 15 is 0 Å². The minimum Gasteiger partial charge on any atom is -0.318 e. The topological polar surface area (TPSA) is 32.3 Å². The van der Waals surface area contributed by atoms with Crippen molar-refractivity contribution in [1.29, 1.82) is 0 Å². The molecular weight excluding hydrogens is 267 g/mol. The van der Waals surface area contributed by atoms with Crippen LogP contribution in [-0.2, 0) is 4.79 Å². The Morgan fingerprint density at radius 3 is 2.71 bits per heavy atom. The molecule has 112 valence electrons. The Labute approximate surface area is 124 Å². The van der Waals surface area contributed by atoms with Gasteiger partial charge < -0.3 is 4.90 Å².